The Balaban J connectivity index is 3.01. The SMILES string of the molecule is CC(C)C(O)C(O)c1cccc(F)c1F. The molecule has 2 unspecified atom stereocenters. The zero-order valence-electron chi connectivity index (χ0n) is 8.61. The molecule has 2 N–H and O–H groups in total. The van der Waals surface area contributed by atoms with Crippen molar-refractivity contribution < 1.29 is 19.0 Å². The van der Waals surface area contributed by atoms with E-state index in [0.29, 0.717) is 0 Å². The number of aliphatic hydroxyl groups excluding tert-OH is 2. The average Bonchev–Trinajstić information content (AvgIpc) is 2.20. The van der Waals surface area contributed by atoms with Crippen LogP contribution in [-0.2, 0) is 0 Å². The highest BCUT2D eigenvalue weighted by molar-refractivity contribution is 5.22. The molecule has 2 atom stereocenters. The van der Waals surface area contributed by atoms with Crippen molar-refractivity contribution in [1.82, 2.24) is 0 Å². The number of hydrogen-bond donors (Lipinski definition) is 2. The van der Waals surface area contributed by atoms with Crippen molar-refractivity contribution in [2.45, 2.75) is 26.1 Å². The zero-order valence-corrected chi connectivity index (χ0v) is 8.61. The van der Waals surface area contributed by atoms with E-state index in [2.05, 4.69) is 0 Å². The van der Waals surface area contributed by atoms with Gasteiger partial charge in [-0.05, 0) is 12.0 Å². The first-order valence-corrected chi connectivity index (χ1v) is 4.75. The summed E-state index contributed by atoms with van der Waals surface area (Å²) >= 11 is 0. The molecular weight excluding hydrogens is 202 g/mol. The molecule has 15 heavy (non-hydrogen) atoms. The third kappa shape index (κ3) is 2.52. The minimum absolute atomic E-state index is 0.212. The normalized spacial score (nSPS) is 15.4. The van der Waals surface area contributed by atoms with Gasteiger partial charge in [0.2, 0.25) is 0 Å². The van der Waals surface area contributed by atoms with Gasteiger partial charge in [-0.3, -0.25) is 0 Å². The summed E-state index contributed by atoms with van der Waals surface area (Å²) in [7, 11) is 0. The van der Waals surface area contributed by atoms with Gasteiger partial charge in [-0.25, -0.2) is 8.78 Å². The van der Waals surface area contributed by atoms with Crippen molar-refractivity contribution in [2.24, 2.45) is 5.92 Å². The van der Waals surface area contributed by atoms with Crippen molar-refractivity contribution in [3.8, 4) is 0 Å². The fraction of sp³-hybridized carbons (Fsp3) is 0.455. The Kier molecular flexibility index (Phi) is 3.77. The van der Waals surface area contributed by atoms with E-state index in [1.54, 1.807) is 13.8 Å². The average molecular weight is 216 g/mol. The van der Waals surface area contributed by atoms with Gasteiger partial charge in [0.25, 0.3) is 0 Å². The maximum atomic E-state index is 13.2. The van der Waals surface area contributed by atoms with Crippen molar-refractivity contribution in [3.05, 3.63) is 35.4 Å². The molecule has 1 aromatic carbocycles. The van der Waals surface area contributed by atoms with E-state index in [0.717, 1.165) is 6.07 Å². The van der Waals surface area contributed by atoms with Crippen LogP contribution < -0.4 is 0 Å². The van der Waals surface area contributed by atoms with Gasteiger partial charge in [0.1, 0.15) is 6.10 Å². The predicted octanol–water partition coefficient (Wildman–Crippen LogP) is 2.02. The Morgan fingerprint density at radius 3 is 2.27 bits per heavy atom. The Labute approximate surface area is 87.2 Å². The molecule has 0 aliphatic rings. The lowest BCUT2D eigenvalue weighted by Gasteiger charge is -2.21. The molecule has 0 spiro atoms. The molecule has 0 aliphatic carbocycles. The molecule has 0 aromatic heterocycles. The second kappa shape index (κ2) is 4.68. The van der Waals surface area contributed by atoms with Crippen LogP contribution in [0.2, 0.25) is 0 Å². The molecule has 0 aliphatic heterocycles. The molecule has 0 saturated carbocycles. The summed E-state index contributed by atoms with van der Waals surface area (Å²) in [6.45, 7) is 3.37. The van der Waals surface area contributed by atoms with Gasteiger partial charge in [-0.1, -0.05) is 26.0 Å². The molecule has 1 aromatic rings. The van der Waals surface area contributed by atoms with Crippen LogP contribution in [0.25, 0.3) is 0 Å². The lowest BCUT2D eigenvalue weighted by molar-refractivity contribution is -0.0115. The molecule has 4 heteroatoms. The smallest absolute Gasteiger partial charge is 0.164 e. The molecule has 2 nitrogen and oxygen atoms in total. The number of hydrogen-bond acceptors (Lipinski definition) is 2. The minimum atomic E-state index is -1.40. The fourth-order valence-corrected chi connectivity index (χ4v) is 1.30. The topological polar surface area (TPSA) is 40.5 Å². The first-order valence-electron chi connectivity index (χ1n) is 4.75. The van der Waals surface area contributed by atoms with Crippen LogP contribution in [-0.4, -0.2) is 16.3 Å². The van der Waals surface area contributed by atoms with Crippen LogP contribution in [0.5, 0.6) is 0 Å². The summed E-state index contributed by atoms with van der Waals surface area (Å²) in [5, 5.41) is 19.1. The van der Waals surface area contributed by atoms with Crippen LogP contribution in [0, 0.1) is 17.6 Å². The fourth-order valence-electron chi connectivity index (χ4n) is 1.30. The van der Waals surface area contributed by atoms with Crippen molar-refractivity contribution >= 4 is 0 Å². The van der Waals surface area contributed by atoms with Crippen LogP contribution in [0.3, 0.4) is 0 Å². The predicted molar refractivity (Wildman–Crippen MR) is 52.2 cm³/mol. The Hall–Kier alpha value is -1.00. The van der Waals surface area contributed by atoms with Gasteiger partial charge in [0.15, 0.2) is 11.6 Å². The van der Waals surface area contributed by atoms with E-state index in [-0.39, 0.29) is 11.5 Å². The third-order valence-electron chi connectivity index (χ3n) is 2.31. The van der Waals surface area contributed by atoms with Crippen LogP contribution in [0.1, 0.15) is 25.5 Å². The molecule has 0 radical (unpaired) electrons. The molecule has 0 fully saturated rings. The maximum absolute atomic E-state index is 13.2. The molecule has 0 bridgehead atoms. The van der Waals surface area contributed by atoms with Crippen LogP contribution in [0.4, 0.5) is 8.78 Å². The second-order valence-corrected chi connectivity index (χ2v) is 3.82. The van der Waals surface area contributed by atoms with Gasteiger partial charge in [-0.2, -0.15) is 0 Å². The van der Waals surface area contributed by atoms with E-state index in [1.165, 1.54) is 12.1 Å². The zero-order chi connectivity index (χ0) is 11.6. The first kappa shape index (κ1) is 12.1. The molecule has 84 valence electrons. The van der Waals surface area contributed by atoms with Crippen molar-refractivity contribution in [3.63, 3.8) is 0 Å². The lowest BCUT2D eigenvalue weighted by Crippen LogP contribution is -2.24. The number of benzene rings is 1. The van der Waals surface area contributed by atoms with Crippen molar-refractivity contribution in [2.75, 3.05) is 0 Å². The highest BCUT2D eigenvalue weighted by Crippen LogP contribution is 2.25. The van der Waals surface area contributed by atoms with E-state index in [9.17, 15) is 19.0 Å². The maximum Gasteiger partial charge on any atom is 0.164 e. The van der Waals surface area contributed by atoms with Gasteiger partial charge < -0.3 is 10.2 Å². The Morgan fingerprint density at radius 2 is 1.73 bits per heavy atom. The Morgan fingerprint density at radius 1 is 1.13 bits per heavy atom. The number of rotatable bonds is 3. The second-order valence-electron chi connectivity index (χ2n) is 3.82. The standard InChI is InChI=1S/C11H14F2O2/c1-6(2)10(14)11(15)7-4-3-5-8(12)9(7)13/h3-6,10-11,14-15H,1-2H3. The highest BCUT2D eigenvalue weighted by atomic mass is 19.2. The van der Waals surface area contributed by atoms with Crippen LogP contribution >= 0.6 is 0 Å². The Bertz CT molecular complexity index is 339. The molecule has 0 saturated heterocycles. The summed E-state index contributed by atoms with van der Waals surface area (Å²) in [4.78, 5) is 0. The van der Waals surface area contributed by atoms with Gasteiger partial charge in [0.05, 0.1) is 6.10 Å². The van der Waals surface area contributed by atoms with Gasteiger partial charge in [-0.15, -0.1) is 0 Å². The summed E-state index contributed by atoms with van der Waals surface area (Å²) in [5.74, 6) is -2.37. The van der Waals surface area contributed by atoms with E-state index < -0.39 is 23.8 Å². The minimum Gasteiger partial charge on any atom is -0.390 e. The lowest BCUT2D eigenvalue weighted by atomic mass is 9.96. The van der Waals surface area contributed by atoms with E-state index >= 15 is 0 Å². The van der Waals surface area contributed by atoms with E-state index in [1.807, 2.05) is 0 Å². The highest BCUT2D eigenvalue weighted by Gasteiger charge is 2.25. The molecule has 0 amide bonds. The molecular formula is C11H14F2O2. The van der Waals surface area contributed by atoms with Crippen molar-refractivity contribution in [1.29, 1.82) is 0 Å². The van der Waals surface area contributed by atoms with Gasteiger partial charge in [0, 0.05) is 5.56 Å². The van der Waals surface area contributed by atoms with Crippen LogP contribution in [0.15, 0.2) is 18.2 Å². The summed E-state index contributed by atoms with van der Waals surface area (Å²) in [5.41, 5.74) is -0.212. The van der Waals surface area contributed by atoms with E-state index in [4.69, 9.17) is 0 Å². The molecule has 0 heterocycles. The summed E-state index contributed by atoms with van der Waals surface area (Å²) in [6, 6.07) is 3.52. The quantitative estimate of drug-likeness (QED) is 0.811. The number of aliphatic hydroxyl groups is 2. The first-order chi connectivity index (χ1) is 6.95. The summed E-state index contributed by atoms with van der Waals surface area (Å²) < 4.78 is 26.1. The summed E-state index contributed by atoms with van der Waals surface area (Å²) in [6.07, 6.45) is -2.51. The van der Waals surface area contributed by atoms with Gasteiger partial charge >= 0.3 is 0 Å². The monoisotopic (exact) mass is 216 g/mol. The molecule has 1 rings (SSSR count). The third-order valence-corrected chi connectivity index (χ3v) is 2.31. The number of halogens is 2. The largest absolute Gasteiger partial charge is 0.390 e.